The molecule has 29 heavy (non-hydrogen) atoms. The summed E-state index contributed by atoms with van der Waals surface area (Å²) < 4.78 is 18.6. The van der Waals surface area contributed by atoms with Crippen LogP contribution in [0.3, 0.4) is 0 Å². The van der Waals surface area contributed by atoms with Gasteiger partial charge in [-0.1, -0.05) is 24.3 Å². The summed E-state index contributed by atoms with van der Waals surface area (Å²) in [5, 5.41) is 2.94. The van der Waals surface area contributed by atoms with Crippen LogP contribution in [-0.2, 0) is 16.1 Å². The lowest BCUT2D eigenvalue weighted by molar-refractivity contribution is -0.126. The summed E-state index contributed by atoms with van der Waals surface area (Å²) in [6.07, 6.45) is 0. The van der Waals surface area contributed by atoms with E-state index in [0.29, 0.717) is 44.0 Å². The van der Waals surface area contributed by atoms with Gasteiger partial charge < -0.3 is 15.0 Å². The first kappa shape index (κ1) is 20.8. The van der Waals surface area contributed by atoms with Gasteiger partial charge in [0.2, 0.25) is 5.91 Å². The average molecular weight is 399 g/mol. The minimum Gasteiger partial charge on any atom is -0.465 e. The molecule has 3 rings (SSSR count). The van der Waals surface area contributed by atoms with Crippen LogP contribution in [0.4, 0.5) is 10.1 Å². The Morgan fingerprint density at radius 2 is 1.72 bits per heavy atom. The van der Waals surface area contributed by atoms with E-state index in [1.165, 1.54) is 13.2 Å². The van der Waals surface area contributed by atoms with Crippen LogP contribution in [0.1, 0.15) is 22.8 Å². The summed E-state index contributed by atoms with van der Waals surface area (Å²) in [6, 6.07) is 13.4. The Morgan fingerprint density at radius 3 is 2.34 bits per heavy atom. The van der Waals surface area contributed by atoms with Crippen molar-refractivity contribution < 1.29 is 18.7 Å². The number of hydrogen-bond donors (Lipinski definition) is 1. The fourth-order valence-corrected chi connectivity index (χ4v) is 3.44. The number of benzene rings is 2. The zero-order valence-corrected chi connectivity index (χ0v) is 16.7. The number of ether oxygens (including phenoxy) is 1. The Morgan fingerprint density at radius 1 is 1.07 bits per heavy atom. The number of anilines is 1. The van der Waals surface area contributed by atoms with Gasteiger partial charge in [-0.15, -0.1) is 0 Å². The third-order valence-electron chi connectivity index (χ3n) is 5.28. The fourth-order valence-electron chi connectivity index (χ4n) is 3.44. The number of carbonyl (C=O) groups is 2. The minimum absolute atomic E-state index is 0.0543. The Kier molecular flexibility index (Phi) is 6.82. The van der Waals surface area contributed by atoms with Crippen LogP contribution in [0.2, 0.25) is 0 Å². The largest absolute Gasteiger partial charge is 0.465 e. The summed E-state index contributed by atoms with van der Waals surface area (Å²) in [5.41, 5.74) is 1.99. The predicted molar refractivity (Wildman–Crippen MR) is 109 cm³/mol. The van der Waals surface area contributed by atoms with Crippen molar-refractivity contribution in [3.05, 3.63) is 65.5 Å². The highest BCUT2D eigenvalue weighted by Crippen LogP contribution is 2.20. The minimum atomic E-state index is -0.385. The van der Waals surface area contributed by atoms with Gasteiger partial charge in [-0.2, -0.15) is 0 Å². The first-order chi connectivity index (χ1) is 14.0. The first-order valence-electron chi connectivity index (χ1n) is 9.68. The standard InChI is InChI=1S/C22H26FN3O3/c1-16(21(27)24-15-17-7-9-18(10-8-17)22(28)29-2)25-11-13-26(14-12-25)20-6-4-3-5-19(20)23/h3-10,16H,11-15H2,1-2H3,(H,24,27). The number of rotatable bonds is 6. The monoisotopic (exact) mass is 399 g/mol. The average Bonchev–Trinajstić information content (AvgIpc) is 2.77. The second-order valence-corrected chi connectivity index (χ2v) is 7.06. The zero-order chi connectivity index (χ0) is 20.8. The van der Waals surface area contributed by atoms with Crippen LogP contribution < -0.4 is 10.2 Å². The number of halogens is 1. The lowest BCUT2D eigenvalue weighted by Crippen LogP contribution is -2.54. The van der Waals surface area contributed by atoms with E-state index in [-0.39, 0.29) is 23.7 Å². The van der Waals surface area contributed by atoms with E-state index < -0.39 is 0 Å². The topological polar surface area (TPSA) is 61.9 Å². The van der Waals surface area contributed by atoms with Gasteiger partial charge in [0.25, 0.3) is 0 Å². The van der Waals surface area contributed by atoms with E-state index in [2.05, 4.69) is 15.0 Å². The smallest absolute Gasteiger partial charge is 0.337 e. The second-order valence-electron chi connectivity index (χ2n) is 7.06. The van der Waals surface area contributed by atoms with E-state index in [9.17, 15) is 14.0 Å². The van der Waals surface area contributed by atoms with Gasteiger partial charge in [-0.05, 0) is 36.8 Å². The number of nitrogens with one attached hydrogen (secondary N) is 1. The molecule has 0 bridgehead atoms. The van der Waals surface area contributed by atoms with E-state index in [1.54, 1.807) is 36.4 Å². The highest BCUT2D eigenvalue weighted by Gasteiger charge is 2.26. The van der Waals surface area contributed by atoms with Crippen LogP contribution in [0.5, 0.6) is 0 Å². The number of nitrogens with zero attached hydrogens (tertiary/aromatic N) is 2. The molecule has 1 N–H and O–H groups in total. The van der Waals surface area contributed by atoms with Crippen molar-refractivity contribution in [3.8, 4) is 0 Å². The maximum Gasteiger partial charge on any atom is 0.337 e. The molecule has 0 radical (unpaired) electrons. The lowest BCUT2D eigenvalue weighted by atomic mass is 10.1. The van der Waals surface area contributed by atoms with Gasteiger partial charge in [0.1, 0.15) is 5.82 Å². The molecule has 1 saturated heterocycles. The molecule has 2 aromatic rings. The van der Waals surface area contributed by atoms with Crippen LogP contribution in [-0.4, -0.2) is 56.1 Å². The first-order valence-corrected chi connectivity index (χ1v) is 9.68. The van der Waals surface area contributed by atoms with E-state index in [4.69, 9.17) is 0 Å². The number of amides is 1. The van der Waals surface area contributed by atoms with Gasteiger partial charge in [0.15, 0.2) is 0 Å². The molecule has 1 heterocycles. The SMILES string of the molecule is COC(=O)c1ccc(CNC(=O)C(C)N2CCN(c3ccccc3F)CC2)cc1. The molecule has 0 aromatic heterocycles. The summed E-state index contributed by atoms with van der Waals surface area (Å²) >= 11 is 0. The Balaban J connectivity index is 1.48. The van der Waals surface area contributed by atoms with Crippen molar-refractivity contribution in [2.75, 3.05) is 38.2 Å². The van der Waals surface area contributed by atoms with Crippen molar-refractivity contribution in [3.63, 3.8) is 0 Å². The van der Waals surface area contributed by atoms with E-state index in [1.807, 2.05) is 17.9 Å². The van der Waals surface area contributed by atoms with Crippen molar-refractivity contribution in [1.82, 2.24) is 10.2 Å². The van der Waals surface area contributed by atoms with Crippen molar-refractivity contribution >= 4 is 17.6 Å². The Labute approximate surface area is 170 Å². The molecule has 1 fully saturated rings. The summed E-state index contributed by atoms with van der Waals surface area (Å²) in [5.74, 6) is -0.657. The van der Waals surface area contributed by atoms with Crippen LogP contribution in [0.15, 0.2) is 48.5 Å². The van der Waals surface area contributed by atoms with Gasteiger partial charge in [0.05, 0.1) is 24.4 Å². The zero-order valence-electron chi connectivity index (χ0n) is 16.7. The number of methoxy groups -OCH3 is 1. The third kappa shape index (κ3) is 5.12. The quantitative estimate of drug-likeness (QED) is 0.756. The molecule has 1 aliphatic heterocycles. The van der Waals surface area contributed by atoms with E-state index in [0.717, 1.165) is 5.56 Å². The summed E-state index contributed by atoms with van der Waals surface area (Å²) in [4.78, 5) is 28.1. The molecule has 1 unspecified atom stereocenters. The lowest BCUT2D eigenvalue weighted by Gasteiger charge is -2.38. The molecule has 7 heteroatoms. The number of hydrogen-bond acceptors (Lipinski definition) is 5. The predicted octanol–water partition coefficient (Wildman–Crippen LogP) is 2.44. The normalized spacial score (nSPS) is 15.6. The fraction of sp³-hybridized carbons (Fsp3) is 0.364. The summed E-state index contributed by atoms with van der Waals surface area (Å²) in [7, 11) is 1.34. The maximum atomic E-state index is 14.0. The van der Waals surface area contributed by atoms with Crippen LogP contribution in [0, 0.1) is 5.82 Å². The Hall–Kier alpha value is -2.93. The molecule has 1 atom stereocenters. The molecular formula is C22H26FN3O3. The molecular weight excluding hydrogens is 373 g/mol. The van der Waals surface area contributed by atoms with Gasteiger partial charge >= 0.3 is 5.97 Å². The van der Waals surface area contributed by atoms with Crippen molar-refractivity contribution in [2.24, 2.45) is 0 Å². The molecule has 6 nitrogen and oxygen atoms in total. The maximum absolute atomic E-state index is 14.0. The van der Waals surface area contributed by atoms with Crippen LogP contribution in [0.25, 0.3) is 0 Å². The van der Waals surface area contributed by atoms with Crippen molar-refractivity contribution in [2.45, 2.75) is 19.5 Å². The Bertz CT molecular complexity index is 849. The highest BCUT2D eigenvalue weighted by atomic mass is 19.1. The number of piperazine rings is 1. The molecule has 2 aromatic carbocycles. The number of carbonyl (C=O) groups excluding carboxylic acids is 2. The van der Waals surface area contributed by atoms with Gasteiger partial charge in [-0.3, -0.25) is 9.69 Å². The van der Waals surface area contributed by atoms with Crippen molar-refractivity contribution in [1.29, 1.82) is 0 Å². The van der Waals surface area contributed by atoms with Gasteiger partial charge in [-0.25, -0.2) is 9.18 Å². The summed E-state index contributed by atoms with van der Waals surface area (Å²) in [6.45, 7) is 5.00. The van der Waals surface area contributed by atoms with E-state index >= 15 is 0 Å². The molecule has 0 aliphatic carbocycles. The highest BCUT2D eigenvalue weighted by molar-refractivity contribution is 5.89. The molecule has 1 amide bonds. The number of esters is 1. The third-order valence-corrected chi connectivity index (χ3v) is 5.28. The number of para-hydroxylation sites is 1. The second kappa shape index (κ2) is 9.52. The molecule has 1 aliphatic rings. The van der Waals surface area contributed by atoms with Gasteiger partial charge in [0, 0.05) is 32.7 Å². The van der Waals surface area contributed by atoms with Crippen LogP contribution >= 0.6 is 0 Å². The molecule has 0 saturated carbocycles. The molecule has 0 spiro atoms. The molecule has 154 valence electrons.